The summed E-state index contributed by atoms with van der Waals surface area (Å²) >= 11 is 6.10. The fourth-order valence-electron chi connectivity index (χ4n) is 1.74. The van der Waals surface area contributed by atoms with Crippen molar-refractivity contribution in [2.75, 3.05) is 0 Å². The van der Waals surface area contributed by atoms with Gasteiger partial charge in [-0.15, -0.1) is 0 Å². The van der Waals surface area contributed by atoms with Gasteiger partial charge in [0.25, 0.3) is 0 Å². The SMILES string of the molecule is CCc1cc(Cl)cc(-c2cnc(C(C)N)nc2)c1. The summed E-state index contributed by atoms with van der Waals surface area (Å²) in [6.45, 7) is 3.97. The summed E-state index contributed by atoms with van der Waals surface area (Å²) in [5, 5.41) is 0.737. The Morgan fingerprint density at radius 1 is 1.17 bits per heavy atom. The second-order valence-electron chi connectivity index (χ2n) is 4.32. The molecular weight excluding hydrogens is 246 g/mol. The molecule has 2 rings (SSSR count). The maximum atomic E-state index is 6.10. The largest absolute Gasteiger partial charge is 0.322 e. The van der Waals surface area contributed by atoms with E-state index in [4.69, 9.17) is 17.3 Å². The minimum atomic E-state index is -0.149. The number of nitrogens with zero attached hydrogens (tertiary/aromatic N) is 2. The normalized spacial score (nSPS) is 12.4. The summed E-state index contributed by atoms with van der Waals surface area (Å²) in [7, 11) is 0. The van der Waals surface area contributed by atoms with Crippen molar-refractivity contribution in [3.63, 3.8) is 0 Å². The maximum Gasteiger partial charge on any atom is 0.144 e. The van der Waals surface area contributed by atoms with Crippen molar-refractivity contribution in [2.45, 2.75) is 26.3 Å². The third-order valence-corrected chi connectivity index (χ3v) is 3.00. The topological polar surface area (TPSA) is 51.8 Å². The lowest BCUT2D eigenvalue weighted by Gasteiger charge is -2.07. The van der Waals surface area contributed by atoms with Crippen molar-refractivity contribution in [3.8, 4) is 11.1 Å². The van der Waals surface area contributed by atoms with Crippen LogP contribution in [0.2, 0.25) is 5.02 Å². The molecule has 0 bridgehead atoms. The lowest BCUT2D eigenvalue weighted by molar-refractivity contribution is 0.739. The highest BCUT2D eigenvalue weighted by molar-refractivity contribution is 6.30. The van der Waals surface area contributed by atoms with Gasteiger partial charge in [0.1, 0.15) is 5.82 Å². The van der Waals surface area contributed by atoms with Gasteiger partial charge in [-0.3, -0.25) is 0 Å². The minimum absolute atomic E-state index is 0.149. The molecule has 0 aliphatic heterocycles. The lowest BCUT2D eigenvalue weighted by Crippen LogP contribution is -2.09. The first-order chi connectivity index (χ1) is 8.60. The predicted octanol–water partition coefficient (Wildman–Crippen LogP) is 3.38. The summed E-state index contributed by atoms with van der Waals surface area (Å²) in [6, 6.07) is 5.85. The zero-order chi connectivity index (χ0) is 13.1. The summed E-state index contributed by atoms with van der Waals surface area (Å²) in [5.41, 5.74) is 8.92. The molecular formula is C14H16ClN3. The molecule has 0 saturated heterocycles. The van der Waals surface area contributed by atoms with Crippen LogP contribution in [0.4, 0.5) is 0 Å². The molecule has 1 unspecified atom stereocenters. The fourth-order valence-corrected chi connectivity index (χ4v) is 2.00. The van der Waals surface area contributed by atoms with Gasteiger partial charge >= 0.3 is 0 Å². The highest BCUT2D eigenvalue weighted by atomic mass is 35.5. The van der Waals surface area contributed by atoms with Gasteiger partial charge in [0.2, 0.25) is 0 Å². The zero-order valence-corrected chi connectivity index (χ0v) is 11.3. The minimum Gasteiger partial charge on any atom is -0.322 e. The van der Waals surface area contributed by atoms with E-state index in [2.05, 4.69) is 23.0 Å². The van der Waals surface area contributed by atoms with Crippen LogP contribution < -0.4 is 5.73 Å². The number of hydrogen-bond acceptors (Lipinski definition) is 3. The van der Waals surface area contributed by atoms with Crippen molar-refractivity contribution < 1.29 is 0 Å². The number of benzene rings is 1. The monoisotopic (exact) mass is 261 g/mol. The fraction of sp³-hybridized carbons (Fsp3) is 0.286. The van der Waals surface area contributed by atoms with Crippen molar-refractivity contribution in [1.82, 2.24) is 9.97 Å². The van der Waals surface area contributed by atoms with Crippen LogP contribution in [-0.2, 0) is 6.42 Å². The number of aromatic nitrogens is 2. The van der Waals surface area contributed by atoms with E-state index in [-0.39, 0.29) is 6.04 Å². The molecule has 0 aliphatic carbocycles. The third-order valence-electron chi connectivity index (χ3n) is 2.78. The smallest absolute Gasteiger partial charge is 0.144 e. The molecule has 0 radical (unpaired) electrons. The molecule has 18 heavy (non-hydrogen) atoms. The van der Waals surface area contributed by atoms with E-state index in [0.717, 1.165) is 22.6 Å². The van der Waals surface area contributed by atoms with Crippen LogP contribution in [0.1, 0.15) is 31.3 Å². The number of halogens is 1. The van der Waals surface area contributed by atoms with Crippen molar-refractivity contribution in [3.05, 3.63) is 47.0 Å². The first-order valence-corrected chi connectivity index (χ1v) is 6.35. The number of rotatable bonds is 3. The Kier molecular flexibility index (Phi) is 3.94. The van der Waals surface area contributed by atoms with Crippen LogP contribution in [-0.4, -0.2) is 9.97 Å². The van der Waals surface area contributed by atoms with Crippen LogP contribution in [0, 0.1) is 0 Å². The van der Waals surface area contributed by atoms with Gasteiger partial charge in [-0.25, -0.2) is 9.97 Å². The molecule has 1 atom stereocenters. The number of nitrogens with two attached hydrogens (primary N) is 1. The van der Waals surface area contributed by atoms with E-state index < -0.39 is 0 Å². The molecule has 0 fully saturated rings. The van der Waals surface area contributed by atoms with Gasteiger partial charge in [-0.1, -0.05) is 24.6 Å². The first kappa shape index (κ1) is 13.0. The Bertz CT molecular complexity index is 535. The van der Waals surface area contributed by atoms with Gasteiger partial charge in [-0.05, 0) is 36.6 Å². The number of hydrogen-bond donors (Lipinski definition) is 1. The summed E-state index contributed by atoms with van der Waals surface area (Å²) in [4.78, 5) is 8.52. The molecule has 4 heteroatoms. The quantitative estimate of drug-likeness (QED) is 0.922. The Balaban J connectivity index is 2.39. The summed E-state index contributed by atoms with van der Waals surface area (Å²) in [6.07, 6.45) is 4.53. The second kappa shape index (κ2) is 5.46. The highest BCUT2D eigenvalue weighted by Crippen LogP contribution is 2.24. The summed E-state index contributed by atoms with van der Waals surface area (Å²) < 4.78 is 0. The second-order valence-corrected chi connectivity index (χ2v) is 4.76. The summed E-state index contributed by atoms with van der Waals surface area (Å²) in [5.74, 6) is 0.650. The van der Waals surface area contributed by atoms with Crippen LogP contribution in [0.15, 0.2) is 30.6 Å². The molecule has 3 nitrogen and oxygen atoms in total. The van der Waals surface area contributed by atoms with Crippen LogP contribution >= 0.6 is 11.6 Å². The highest BCUT2D eigenvalue weighted by Gasteiger charge is 2.05. The molecule has 1 aromatic heterocycles. The molecule has 0 amide bonds. The average Bonchev–Trinajstić information content (AvgIpc) is 2.38. The Hall–Kier alpha value is -1.45. The van der Waals surface area contributed by atoms with E-state index in [0.29, 0.717) is 5.82 Å². The van der Waals surface area contributed by atoms with Gasteiger partial charge in [0.15, 0.2) is 0 Å². The Morgan fingerprint density at radius 2 is 1.83 bits per heavy atom. The van der Waals surface area contributed by atoms with E-state index >= 15 is 0 Å². The Morgan fingerprint density at radius 3 is 2.39 bits per heavy atom. The Labute approximate surface area is 112 Å². The van der Waals surface area contributed by atoms with Crippen LogP contribution in [0.3, 0.4) is 0 Å². The van der Waals surface area contributed by atoms with Crippen molar-refractivity contribution >= 4 is 11.6 Å². The van der Waals surface area contributed by atoms with Crippen molar-refractivity contribution in [2.24, 2.45) is 5.73 Å². The molecule has 94 valence electrons. The molecule has 0 spiro atoms. The predicted molar refractivity (Wildman–Crippen MR) is 74.5 cm³/mol. The van der Waals surface area contributed by atoms with Crippen LogP contribution in [0.5, 0.6) is 0 Å². The zero-order valence-electron chi connectivity index (χ0n) is 10.5. The van der Waals surface area contributed by atoms with E-state index in [9.17, 15) is 0 Å². The lowest BCUT2D eigenvalue weighted by atomic mass is 10.0. The molecule has 0 aliphatic rings. The molecule has 1 aromatic carbocycles. The third kappa shape index (κ3) is 2.86. The molecule has 1 heterocycles. The van der Waals surface area contributed by atoms with Gasteiger partial charge < -0.3 is 5.73 Å². The molecule has 2 aromatic rings. The maximum absolute atomic E-state index is 6.10. The molecule has 2 N–H and O–H groups in total. The van der Waals surface area contributed by atoms with E-state index in [1.54, 1.807) is 12.4 Å². The van der Waals surface area contributed by atoms with E-state index in [1.165, 1.54) is 5.56 Å². The van der Waals surface area contributed by atoms with Gasteiger partial charge in [0.05, 0.1) is 6.04 Å². The standard InChI is InChI=1S/C14H16ClN3/c1-3-10-4-11(6-13(15)5-10)12-7-17-14(9(2)16)18-8-12/h4-9H,3,16H2,1-2H3. The van der Waals surface area contributed by atoms with Gasteiger partial charge in [0, 0.05) is 23.0 Å². The van der Waals surface area contributed by atoms with Crippen LogP contribution in [0.25, 0.3) is 11.1 Å². The van der Waals surface area contributed by atoms with E-state index in [1.807, 2.05) is 19.1 Å². The number of aryl methyl sites for hydroxylation is 1. The average molecular weight is 262 g/mol. The van der Waals surface area contributed by atoms with Gasteiger partial charge in [-0.2, -0.15) is 0 Å². The first-order valence-electron chi connectivity index (χ1n) is 5.97. The molecule has 0 saturated carbocycles. The van der Waals surface area contributed by atoms with Crippen molar-refractivity contribution in [1.29, 1.82) is 0 Å².